The monoisotopic (exact) mass is 211 g/mol. The quantitative estimate of drug-likeness (QED) is 0.773. The molecule has 1 heterocycles. The van der Waals surface area contributed by atoms with Gasteiger partial charge in [-0.25, -0.2) is 0 Å². The lowest BCUT2D eigenvalue weighted by atomic mass is 10.1. The van der Waals surface area contributed by atoms with Gasteiger partial charge in [-0.15, -0.1) is 0 Å². The fourth-order valence-corrected chi connectivity index (χ4v) is 1.20. The minimum absolute atomic E-state index is 0.190. The molecule has 15 heavy (non-hydrogen) atoms. The van der Waals surface area contributed by atoms with Crippen LogP contribution in [0.1, 0.15) is 35.7 Å². The van der Waals surface area contributed by atoms with Gasteiger partial charge in [-0.3, -0.25) is 4.79 Å². The van der Waals surface area contributed by atoms with E-state index in [1.54, 1.807) is 13.8 Å². The number of hydrogen-bond donors (Lipinski definition) is 2. The Labute approximate surface area is 89.0 Å². The molecular weight excluding hydrogens is 194 g/mol. The van der Waals surface area contributed by atoms with E-state index >= 15 is 0 Å². The Morgan fingerprint density at radius 2 is 2.13 bits per heavy atom. The van der Waals surface area contributed by atoms with Crippen LogP contribution >= 0.6 is 0 Å². The van der Waals surface area contributed by atoms with E-state index in [4.69, 9.17) is 10.3 Å². The predicted octanol–water partition coefficient (Wildman–Crippen LogP) is 0.759. The van der Waals surface area contributed by atoms with E-state index in [0.29, 0.717) is 23.6 Å². The summed E-state index contributed by atoms with van der Waals surface area (Å²) in [5, 5.41) is 6.46. The molecule has 0 radical (unpaired) electrons. The predicted molar refractivity (Wildman–Crippen MR) is 56.6 cm³/mol. The number of aromatic nitrogens is 1. The zero-order valence-corrected chi connectivity index (χ0v) is 9.55. The van der Waals surface area contributed by atoms with E-state index < -0.39 is 5.54 Å². The number of carbonyl (C=O) groups excluding carboxylic acids is 1. The number of hydrogen-bond acceptors (Lipinski definition) is 4. The highest BCUT2D eigenvalue weighted by molar-refractivity contribution is 5.96. The summed E-state index contributed by atoms with van der Waals surface area (Å²) in [6.45, 7) is 7.55. The van der Waals surface area contributed by atoms with Crippen molar-refractivity contribution < 1.29 is 9.32 Å². The second-order valence-corrected chi connectivity index (χ2v) is 4.37. The molecule has 84 valence electrons. The summed E-state index contributed by atoms with van der Waals surface area (Å²) in [7, 11) is 0. The van der Waals surface area contributed by atoms with E-state index in [1.165, 1.54) is 0 Å². The lowest BCUT2D eigenvalue weighted by Crippen LogP contribution is -2.45. The SMILES string of the molecule is Cc1noc(C)c1C(=O)NCC(C)(C)N. The minimum atomic E-state index is -0.422. The molecule has 0 aromatic carbocycles. The molecule has 0 aliphatic rings. The van der Waals surface area contributed by atoms with Gasteiger partial charge in [-0.05, 0) is 27.7 Å². The van der Waals surface area contributed by atoms with E-state index in [2.05, 4.69) is 10.5 Å². The van der Waals surface area contributed by atoms with Crippen LogP contribution in [-0.4, -0.2) is 23.1 Å². The molecule has 1 aromatic heterocycles. The van der Waals surface area contributed by atoms with Crippen LogP contribution in [0.2, 0.25) is 0 Å². The van der Waals surface area contributed by atoms with E-state index in [1.807, 2.05) is 13.8 Å². The van der Waals surface area contributed by atoms with Crippen molar-refractivity contribution in [1.29, 1.82) is 0 Å². The second-order valence-electron chi connectivity index (χ2n) is 4.37. The Hall–Kier alpha value is -1.36. The van der Waals surface area contributed by atoms with Gasteiger partial charge in [0.05, 0.1) is 5.69 Å². The van der Waals surface area contributed by atoms with Crippen LogP contribution in [0.4, 0.5) is 0 Å². The highest BCUT2D eigenvalue weighted by atomic mass is 16.5. The molecule has 5 nitrogen and oxygen atoms in total. The molecule has 3 N–H and O–H groups in total. The van der Waals surface area contributed by atoms with Crippen molar-refractivity contribution in [2.75, 3.05) is 6.54 Å². The fraction of sp³-hybridized carbons (Fsp3) is 0.600. The van der Waals surface area contributed by atoms with Gasteiger partial charge in [0.2, 0.25) is 0 Å². The molecule has 0 atom stereocenters. The summed E-state index contributed by atoms with van der Waals surface area (Å²) in [6.07, 6.45) is 0. The third-order valence-corrected chi connectivity index (χ3v) is 1.96. The first kappa shape index (κ1) is 11.7. The van der Waals surface area contributed by atoms with Crippen LogP contribution in [0.3, 0.4) is 0 Å². The molecule has 1 amide bonds. The number of nitrogens with zero attached hydrogens (tertiary/aromatic N) is 1. The lowest BCUT2D eigenvalue weighted by Gasteiger charge is -2.18. The van der Waals surface area contributed by atoms with Gasteiger partial charge in [0.1, 0.15) is 11.3 Å². The highest BCUT2D eigenvalue weighted by Crippen LogP contribution is 2.11. The van der Waals surface area contributed by atoms with Crippen molar-refractivity contribution in [3.05, 3.63) is 17.0 Å². The smallest absolute Gasteiger partial charge is 0.256 e. The van der Waals surface area contributed by atoms with Gasteiger partial charge in [-0.1, -0.05) is 5.16 Å². The van der Waals surface area contributed by atoms with Crippen molar-refractivity contribution in [2.24, 2.45) is 5.73 Å². The normalized spacial score (nSPS) is 11.5. The van der Waals surface area contributed by atoms with Gasteiger partial charge in [0.15, 0.2) is 0 Å². The Morgan fingerprint density at radius 1 is 1.53 bits per heavy atom. The lowest BCUT2D eigenvalue weighted by molar-refractivity contribution is 0.0944. The van der Waals surface area contributed by atoms with Crippen LogP contribution in [0.15, 0.2) is 4.52 Å². The molecule has 1 rings (SSSR count). The van der Waals surface area contributed by atoms with E-state index in [0.717, 1.165) is 0 Å². The Balaban J connectivity index is 2.70. The van der Waals surface area contributed by atoms with Crippen molar-refractivity contribution in [3.63, 3.8) is 0 Å². The summed E-state index contributed by atoms with van der Waals surface area (Å²) in [5.74, 6) is 0.338. The third kappa shape index (κ3) is 3.06. The average molecular weight is 211 g/mol. The van der Waals surface area contributed by atoms with Crippen LogP contribution in [0, 0.1) is 13.8 Å². The maximum Gasteiger partial charge on any atom is 0.256 e. The second kappa shape index (κ2) is 4.02. The van der Waals surface area contributed by atoms with Crippen molar-refractivity contribution >= 4 is 5.91 Å². The van der Waals surface area contributed by atoms with Gasteiger partial charge in [0.25, 0.3) is 5.91 Å². The highest BCUT2D eigenvalue weighted by Gasteiger charge is 2.19. The number of amides is 1. The Kier molecular flexibility index (Phi) is 3.14. The molecule has 1 aromatic rings. The first-order valence-electron chi connectivity index (χ1n) is 4.81. The van der Waals surface area contributed by atoms with E-state index in [9.17, 15) is 4.79 Å². The first-order valence-corrected chi connectivity index (χ1v) is 4.81. The maximum atomic E-state index is 11.7. The summed E-state index contributed by atoms with van der Waals surface area (Å²) in [4.78, 5) is 11.7. The molecule has 0 saturated carbocycles. The maximum absolute atomic E-state index is 11.7. The van der Waals surface area contributed by atoms with Crippen LogP contribution in [0.25, 0.3) is 0 Å². The van der Waals surface area contributed by atoms with Gasteiger partial charge < -0.3 is 15.6 Å². The largest absolute Gasteiger partial charge is 0.361 e. The molecule has 0 aliphatic carbocycles. The minimum Gasteiger partial charge on any atom is -0.361 e. The van der Waals surface area contributed by atoms with Crippen molar-refractivity contribution in [1.82, 2.24) is 10.5 Å². The van der Waals surface area contributed by atoms with Crippen molar-refractivity contribution in [3.8, 4) is 0 Å². The standard InChI is InChI=1S/C10H17N3O2/c1-6-8(7(2)15-13-6)9(14)12-5-10(3,4)11/h5,11H2,1-4H3,(H,12,14). The molecule has 0 fully saturated rings. The molecule has 0 saturated heterocycles. The van der Waals surface area contributed by atoms with Crippen LogP contribution in [-0.2, 0) is 0 Å². The molecule has 5 heteroatoms. The summed E-state index contributed by atoms with van der Waals surface area (Å²) in [6, 6.07) is 0. The average Bonchev–Trinajstić information content (AvgIpc) is 2.41. The Morgan fingerprint density at radius 3 is 2.53 bits per heavy atom. The third-order valence-electron chi connectivity index (χ3n) is 1.96. The zero-order valence-electron chi connectivity index (χ0n) is 9.55. The molecule has 0 bridgehead atoms. The number of carbonyl (C=O) groups is 1. The zero-order chi connectivity index (χ0) is 11.6. The van der Waals surface area contributed by atoms with E-state index in [-0.39, 0.29) is 5.91 Å². The molecule has 0 aliphatic heterocycles. The first-order chi connectivity index (χ1) is 6.81. The number of rotatable bonds is 3. The summed E-state index contributed by atoms with van der Waals surface area (Å²) >= 11 is 0. The topological polar surface area (TPSA) is 81.2 Å². The molecule has 0 spiro atoms. The van der Waals surface area contributed by atoms with Gasteiger partial charge in [-0.2, -0.15) is 0 Å². The summed E-state index contributed by atoms with van der Waals surface area (Å²) in [5.41, 5.74) is 6.43. The van der Waals surface area contributed by atoms with Crippen molar-refractivity contribution in [2.45, 2.75) is 33.2 Å². The van der Waals surface area contributed by atoms with Gasteiger partial charge in [0, 0.05) is 12.1 Å². The summed E-state index contributed by atoms with van der Waals surface area (Å²) < 4.78 is 4.91. The van der Waals surface area contributed by atoms with Gasteiger partial charge >= 0.3 is 0 Å². The Bertz CT molecular complexity index is 344. The number of aryl methyl sites for hydroxylation is 2. The van der Waals surface area contributed by atoms with Crippen LogP contribution in [0.5, 0.6) is 0 Å². The molecular formula is C10H17N3O2. The number of nitrogens with two attached hydrogens (primary N) is 1. The number of nitrogens with one attached hydrogen (secondary N) is 1. The molecule has 0 unspecified atom stereocenters. The van der Waals surface area contributed by atoms with Crippen LogP contribution < -0.4 is 11.1 Å². The fourth-order valence-electron chi connectivity index (χ4n) is 1.20.